The van der Waals surface area contributed by atoms with Crippen LogP contribution in [0.5, 0.6) is 0 Å². The maximum absolute atomic E-state index is 13.7. The second-order valence-corrected chi connectivity index (χ2v) is 10.6. The molecule has 35 heavy (non-hydrogen) atoms. The van der Waals surface area contributed by atoms with E-state index in [4.69, 9.17) is 5.11 Å². The maximum Gasteiger partial charge on any atom is 0.317 e. The lowest BCUT2D eigenvalue weighted by Crippen LogP contribution is -2.50. The molecule has 1 aromatic heterocycles. The number of aliphatic carboxylic acids is 1. The molecule has 2 saturated heterocycles. The molecule has 3 N–H and O–H groups in total. The first-order chi connectivity index (χ1) is 17.1. The number of nitrogens with zero attached hydrogens (tertiary/aromatic N) is 3. The van der Waals surface area contributed by atoms with E-state index in [1.807, 2.05) is 28.8 Å². The number of carboxylic acid groups (broad SMARTS) is 1. The lowest BCUT2D eigenvalue weighted by atomic mass is 9.89. The third-order valence-corrected chi connectivity index (χ3v) is 8.29. The Morgan fingerprint density at radius 2 is 1.60 bits per heavy atom. The highest BCUT2D eigenvalue weighted by atomic mass is 16.4. The number of benzene rings is 1. The van der Waals surface area contributed by atoms with Gasteiger partial charge in [0.25, 0.3) is 5.56 Å². The van der Waals surface area contributed by atoms with E-state index < -0.39 is 5.97 Å². The summed E-state index contributed by atoms with van der Waals surface area (Å²) in [6.07, 6.45) is 14.1. The van der Waals surface area contributed by atoms with Crippen LogP contribution in [0.1, 0.15) is 76.7 Å². The van der Waals surface area contributed by atoms with Gasteiger partial charge in [0.15, 0.2) is 5.82 Å². The molecule has 2 bridgehead atoms. The maximum atomic E-state index is 13.7. The van der Waals surface area contributed by atoms with Crippen LogP contribution in [-0.2, 0) is 4.79 Å². The van der Waals surface area contributed by atoms with E-state index in [-0.39, 0.29) is 18.1 Å². The number of aromatic nitrogens is 2. The van der Waals surface area contributed by atoms with E-state index in [2.05, 4.69) is 20.5 Å². The monoisotopic (exact) mass is 481 g/mol. The topological polar surface area (TPSA) is 99.5 Å². The summed E-state index contributed by atoms with van der Waals surface area (Å²) in [7, 11) is 0. The standard InChI is InChI=1S/C27H39N5O3/c33-25(34)18-28-14-15-29-26-27(35)32(24-11-7-6-10-23(24)30-26)22-16-20-12-13-21(17-22)31(20)19-8-4-2-1-3-5-9-19/h6-7,10-11,19-22,28H,1-5,8-9,12-18H2,(H,29,30)(H,33,34)/t20-,21+,22?. The fraction of sp³-hybridized carbons (Fsp3) is 0.667. The molecule has 1 unspecified atom stereocenters. The first-order valence-electron chi connectivity index (χ1n) is 13.6. The van der Waals surface area contributed by atoms with E-state index >= 15 is 0 Å². The lowest BCUT2D eigenvalue weighted by Gasteiger charge is -2.45. The fourth-order valence-electron chi connectivity index (χ4n) is 6.82. The molecule has 0 spiro atoms. The average molecular weight is 482 g/mol. The number of rotatable bonds is 8. The Morgan fingerprint density at radius 1 is 0.914 bits per heavy atom. The van der Waals surface area contributed by atoms with Gasteiger partial charge in [-0.1, -0.05) is 44.2 Å². The molecule has 8 nitrogen and oxygen atoms in total. The number of anilines is 1. The van der Waals surface area contributed by atoms with Crippen LogP contribution in [0.3, 0.4) is 0 Å². The Hall–Kier alpha value is -2.45. The summed E-state index contributed by atoms with van der Waals surface area (Å²) in [6.45, 7) is 0.794. The molecule has 3 heterocycles. The molecule has 0 radical (unpaired) electrons. The highest BCUT2D eigenvalue weighted by Crippen LogP contribution is 2.44. The molecular weight excluding hydrogens is 442 g/mol. The molecule has 1 saturated carbocycles. The van der Waals surface area contributed by atoms with Gasteiger partial charge in [-0.15, -0.1) is 0 Å². The zero-order chi connectivity index (χ0) is 24.2. The van der Waals surface area contributed by atoms with Gasteiger partial charge in [0.1, 0.15) is 0 Å². The highest BCUT2D eigenvalue weighted by Gasteiger charge is 2.44. The molecule has 0 amide bonds. The van der Waals surface area contributed by atoms with E-state index in [0.29, 0.717) is 31.0 Å². The Labute approximate surface area is 207 Å². The number of carboxylic acids is 1. The summed E-state index contributed by atoms with van der Waals surface area (Å²) in [4.78, 5) is 31.9. The van der Waals surface area contributed by atoms with Crippen molar-refractivity contribution in [3.63, 3.8) is 0 Å². The van der Waals surface area contributed by atoms with Crippen molar-refractivity contribution in [2.24, 2.45) is 0 Å². The van der Waals surface area contributed by atoms with Gasteiger partial charge in [-0.25, -0.2) is 4.98 Å². The van der Waals surface area contributed by atoms with Gasteiger partial charge < -0.3 is 20.3 Å². The second-order valence-electron chi connectivity index (χ2n) is 10.6. The number of para-hydroxylation sites is 2. The van der Waals surface area contributed by atoms with Gasteiger partial charge in [-0.3, -0.25) is 14.5 Å². The van der Waals surface area contributed by atoms with E-state index in [1.54, 1.807) is 0 Å². The summed E-state index contributed by atoms with van der Waals surface area (Å²) in [5, 5.41) is 14.8. The molecule has 3 atom stereocenters. The SMILES string of the molecule is O=C(O)CNCCNc1nc2ccccc2n(C2C[C@H]3CC[C@@H](C2)N3C2CCCCCCC2)c1=O. The molecule has 8 heteroatoms. The molecule has 5 rings (SSSR count). The van der Waals surface area contributed by atoms with Crippen molar-refractivity contribution in [2.45, 2.75) is 94.8 Å². The van der Waals surface area contributed by atoms with Crippen LogP contribution in [0, 0.1) is 0 Å². The normalized spacial score (nSPS) is 25.9. The molecule has 1 aromatic carbocycles. The number of nitrogens with one attached hydrogen (secondary N) is 2. The number of piperidine rings is 1. The van der Waals surface area contributed by atoms with Crippen molar-refractivity contribution >= 4 is 22.8 Å². The Bertz CT molecular complexity index is 1060. The lowest BCUT2D eigenvalue weighted by molar-refractivity contribution is -0.135. The average Bonchev–Trinajstić information content (AvgIpc) is 3.08. The van der Waals surface area contributed by atoms with Crippen LogP contribution < -0.4 is 16.2 Å². The van der Waals surface area contributed by atoms with Crippen LogP contribution in [0.25, 0.3) is 11.0 Å². The highest BCUT2D eigenvalue weighted by molar-refractivity contribution is 5.76. The quantitative estimate of drug-likeness (QED) is 0.494. The van der Waals surface area contributed by atoms with Crippen molar-refractivity contribution in [2.75, 3.05) is 25.0 Å². The molecule has 190 valence electrons. The first kappa shape index (κ1) is 24.3. The van der Waals surface area contributed by atoms with Crippen LogP contribution in [0.2, 0.25) is 0 Å². The third kappa shape index (κ3) is 5.38. The molecular formula is C27H39N5O3. The minimum absolute atomic E-state index is 0.0641. The minimum Gasteiger partial charge on any atom is -0.480 e. The van der Waals surface area contributed by atoms with E-state index in [9.17, 15) is 9.59 Å². The Morgan fingerprint density at radius 3 is 2.31 bits per heavy atom. The molecule has 2 aliphatic heterocycles. The summed E-state index contributed by atoms with van der Waals surface area (Å²) >= 11 is 0. The van der Waals surface area contributed by atoms with Crippen molar-refractivity contribution in [3.8, 4) is 0 Å². The van der Waals surface area contributed by atoms with E-state index in [0.717, 1.165) is 29.9 Å². The van der Waals surface area contributed by atoms with Crippen molar-refractivity contribution in [3.05, 3.63) is 34.6 Å². The van der Waals surface area contributed by atoms with Crippen LogP contribution in [0.15, 0.2) is 29.1 Å². The Kier molecular flexibility index (Phi) is 7.68. The third-order valence-electron chi connectivity index (χ3n) is 8.29. The van der Waals surface area contributed by atoms with Gasteiger partial charge in [-0.2, -0.15) is 0 Å². The fourth-order valence-corrected chi connectivity index (χ4v) is 6.82. The number of carbonyl (C=O) groups is 1. The first-order valence-corrected chi connectivity index (χ1v) is 13.6. The van der Waals surface area contributed by atoms with Crippen LogP contribution in [0.4, 0.5) is 5.82 Å². The summed E-state index contributed by atoms with van der Waals surface area (Å²) in [5.74, 6) is -0.535. The number of hydrogen-bond acceptors (Lipinski definition) is 6. The largest absolute Gasteiger partial charge is 0.480 e. The number of hydrogen-bond donors (Lipinski definition) is 3. The number of fused-ring (bicyclic) bond motifs is 3. The molecule has 3 aliphatic rings. The molecule has 1 aliphatic carbocycles. The molecule has 2 aromatic rings. The van der Waals surface area contributed by atoms with E-state index in [1.165, 1.54) is 57.8 Å². The van der Waals surface area contributed by atoms with Crippen LogP contribution >= 0.6 is 0 Å². The summed E-state index contributed by atoms with van der Waals surface area (Å²) in [6, 6.07) is 9.98. The van der Waals surface area contributed by atoms with Gasteiger partial charge in [-0.05, 0) is 50.7 Å². The van der Waals surface area contributed by atoms with Gasteiger partial charge in [0.05, 0.1) is 17.6 Å². The van der Waals surface area contributed by atoms with Crippen LogP contribution in [-0.4, -0.2) is 63.3 Å². The minimum atomic E-state index is -0.892. The van der Waals surface area contributed by atoms with Crippen molar-refractivity contribution in [1.82, 2.24) is 19.8 Å². The predicted molar refractivity (Wildman–Crippen MR) is 138 cm³/mol. The Balaban J connectivity index is 1.36. The van der Waals surface area contributed by atoms with Gasteiger partial charge >= 0.3 is 5.97 Å². The molecule has 3 fully saturated rings. The summed E-state index contributed by atoms with van der Waals surface area (Å²) < 4.78 is 2.01. The zero-order valence-electron chi connectivity index (χ0n) is 20.6. The predicted octanol–water partition coefficient (Wildman–Crippen LogP) is 3.76. The van der Waals surface area contributed by atoms with Crippen molar-refractivity contribution < 1.29 is 9.90 Å². The van der Waals surface area contributed by atoms with Crippen molar-refractivity contribution in [1.29, 1.82) is 0 Å². The second kappa shape index (κ2) is 11.1. The van der Waals surface area contributed by atoms with Gasteiger partial charge in [0.2, 0.25) is 0 Å². The van der Waals surface area contributed by atoms with Gasteiger partial charge in [0, 0.05) is 37.3 Å². The zero-order valence-corrected chi connectivity index (χ0v) is 20.6. The smallest absolute Gasteiger partial charge is 0.317 e. The summed E-state index contributed by atoms with van der Waals surface area (Å²) in [5.41, 5.74) is 1.67.